The summed E-state index contributed by atoms with van der Waals surface area (Å²) in [5, 5.41) is 0. The lowest BCUT2D eigenvalue weighted by Gasteiger charge is -2.30. The zero-order valence-corrected chi connectivity index (χ0v) is 15.1. The van der Waals surface area contributed by atoms with Gasteiger partial charge in [0, 0.05) is 17.5 Å². The number of sulfonamides is 1. The smallest absolute Gasteiger partial charge is 0.252 e. The van der Waals surface area contributed by atoms with Gasteiger partial charge in [-0.2, -0.15) is 4.31 Å². The van der Waals surface area contributed by atoms with Crippen molar-refractivity contribution < 1.29 is 8.42 Å². The Bertz CT molecular complexity index is 520. The molecule has 4 nitrogen and oxygen atoms in total. The van der Waals surface area contributed by atoms with Crippen LogP contribution in [0.2, 0.25) is 0 Å². The van der Waals surface area contributed by atoms with Gasteiger partial charge in [0.05, 0.1) is 0 Å². The third kappa shape index (κ3) is 4.77. The summed E-state index contributed by atoms with van der Waals surface area (Å²) in [4.78, 5) is 1.03. The van der Waals surface area contributed by atoms with Crippen LogP contribution in [0.5, 0.6) is 0 Å². The number of rotatable bonds is 9. The molecule has 0 aliphatic rings. The molecule has 0 amide bonds. The number of thiophene rings is 1. The lowest BCUT2D eigenvalue weighted by atomic mass is 10.1. The minimum absolute atomic E-state index is 0.0671. The highest BCUT2D eigenvalue weighted by atomic mass is 32.2. The molecule has 0 fully saturated rings. The molecule has 0 bridgehead atoms. The minimum Gasteiger partial charge on any atom is -0.330 e. The lowest BCUT2D eigenvalue weighted by Crippen LogP contribution is -2.41. The maximum Gasteiger partial charge on any atom is 0.252 e. The van der Waals surface area contributed by atoms with Crippen LogP contribution in [0.3, 0.4) is 0 Å². The van der Waals surface area contributed by atoms with Gasteiger partial charge in [0.25, 0.3) is 10.0 Å². The summed E-state index contributed by atoms with van der Waals surface area (Å²) in [6.45, 7) is 9.32. The summed E-state index contributed by atoms with van der Waals surface area (Å²) in [7, 11) is -3.41. The van der Waals surface area contributed by atoms with Crippen molar-refractivity contribution in [1.82, 2.24) is 4.31 Å². The van der Waals surface area contributed by atoms with Crippen molar-refractivity contribution in [3.8, 4) is 0 Å². The van der Waals surface area contributed by atoms with Gasteiger partial charge in [-0.1, -0.05) is 27.7 Å². The van der Waals surface area contributed by atoms with Gasteiger partial charge in [0.1, 0.15) is 4.21 Å². The molecule has 0 saturated carbocycles. The van der Waals surface area contributed by atoms with Crippen LogP contribution in [-0.4, -0.2) is 31.9 Å². The zero-order valence-electron chi connectivity index (χ0n) is 13.5. The molecular formula is C15H28N2O2S2. The molecular weight excluding hydrogens is 304 g/mol. The van der Waals surface area contributed by atoms with Gasteiger partial charge in [0.2, 0.25) is 0 Å². The van der Waals surface area contributed by atoms with Crippen molar-refractivity contribution in [2.45, 2.75) is 57.2 Å². The summed E-state index contributed by atoms with van der Waals surface area (Å²) in [5.74, 6) is 0.309. The molecule has 1 rings (SSSR count). The van der Waals surface area contributed by atoms with Gasteiger partial charge in [-0.25, -0.2) is 8.42 Å². The molecule has 1 aromatic rings. The van der Waals surface area contributed by atoms with Crippen LogP contribution in [-0.2, 0) is 16.4 Å². The maximum absolute atomic E-state index is 12.9. The third-order valence-corrected chi connectivity index (χ3v) is 7.02. The molecule has 0 unspecified atom stereocenters. The molecule has 122 valence electrons. The Balaban J connectivity index is 3.12. The van der Waals surface area contributed by atoms with Gasteiger partial charge in [-0.3, -0.25) is 0 Å². The van der Waals surface area contributed by atoms with E-state index in [0.29, 0.717) is 23.2 Å². The highest BCUT2D eigenvalue weighted by Crippen LogP contribution is 2.28. The predicted octanol–water partition coefficient (Wildman–Crippen LogP) is 3.08. The quantitative estimate of drug-likeness (QED) is 0.756. The molecule has 1 heterocycles. The topological polar surface area (TPSA) is 63.4 Å². The highest BCUT2D eigenvalue weighted by molar-refractivity contribution is 7.91. The predicted molar refractivity (Wildman–Crippen MR) is 90.2 cm³/mol. The number of nitrogens with zero attached hydrogens (tertiary/aromatic N) is 1. The van der Waals surface area contributed by atoms with Gasteiger partial charge in [-0.05, 0) is 43.9 Å². The molecule has 0 radical (unpaired) electrons. The minimum atomic E-state index is -3.41. The van der Waals surface area contributed by atoms with E-state index in [0.717, 1.165) is 24.1 Å². The van der Waals surface area contributed by atoms with E-state index in [-0.39, 0.29) is 6.04 Å². The van der Waals surface area contributed by atoms with E-state index in [1.807, 2.05) is 19.9 Å². The summed E-state index contributed by atoms with van der Waals surface area (Å²) >= 11 is 1.35. The van der Waals surface area contributed by atoms with E-state index >= 15 is 0 Å². The normalized spacial score (nSPS) is 12.8. The van der Waals surface area contributed by atoms with E-state index in [2.05, 4.69) is 13.8 Å². The first-order chi connectivity index (χ1) is 9.86. The lowest BCUT2D eigenvalue weighted by molar-refractivity contribution is 0.277. The molecule has 21 heavy (non-hydrogen) atoms. The van der Waals surface area contributed by atoms with Crippen molar-refractivity contribution >= 4 is 21.4 Å². The largest absolute Gasteiger partial charge is 0.330 e. The molecule has 0 aliphatic heterocycles. The number of nitrogens with two attached hydrogens (primary N) is 1. The number of hydrogen-bond acceptors (Lipinski definition) is 4. The van der Waals surface area contributed by atoms with Crippen molar-refractivity contribution in [2.75, 3.05) is 13.1 Å². The maximum atomic E-state index is 12.9. The fourth-order valence-corrected chi connectivity index (χ4v) is 5.82. The van der Waals surface area contributed by atoms with E-state index in [1.165, 1.54) is 11.3 Å². The van der Waals surface area contributed by atoms with Crippen LogP contribution in [0.15, 0.2) is 16.3 Å². The van der Waals surface area contributed by atoms with Crippen molar-refractivity contribution in [1.29, 1.82) is 0 Å². The standard InChI is InChI=1S/C15H28N2O2S2/c1-5-13(6-2)17(11-12(3)4)21(18,19)15-8-7-14(20-15)9-10-16/h7-8,12-13H,5-6,9-11,16H2,1-4H3. The Morgan fingerprint density at radius 3 is 2.33 bits per heavy atom. The zero-order chi connectivity index (χ0) is 16.0. The van der Waals surface area contributed by atoms with Gasteiger partial charge < -0.3 is 5.73 Å². The summed E-state index contributed by atoms with van der Waals surface area (Å²) in [5.41, 5.74) is 5.54. The van der Waals surface area contributed by atoms with Gasteiger partial charge >= 0.3 is 0 Å². The van der Waals surface area contributed by atoms with Crippen molar-refractivity contribution in [3.63, 3.8) is 0 Å². The van der Waals surface area contributed by atoms with Crippen LogP contribution in [0.4, 0.5) is 0 Å². The Hall–Kier alpha value is -0.430. The molecule has 6 heteroatoms. The first kappa shape index (κ1) is 18.6. The fraction of sp³-hybridized carbons (Fsp3) is 0.733. The Morgan fingerprint density at radius 1 is 1.24 bits per heavy atom. The molecule has 0 atom stereocenters. The van der Waals surface area contributed by atoms with Gasteiger partial charge in [-0.15, -0.1) is 11.3 Å². The highest BCUT2D eigenvalue weighted by Gasteiger charge is 2.31. The monoisotopic (exact) mass is 332 g/mol. The summed E-state index contributed by atoms with van der Waals surface area (Å²) in [6.07, 6.45) is 2.41. The summed E-state index contributed by atoms with van der Waals surface area (Å²) < 4.78 is 28.0. The Kier molecular flexibility index (Phi) is 7.33. The molecule has 0 spiro atoms. The van der Waals surface area contributed by atoms with Crippen LogP contribution in [0.25, 0.3) is 0 Å². The van der Waals surface area contributed by atoms with Gasteiger partial charge in [0.15, 0.2) is 0 Å². The fourth-order valence-electron chi connectivity index (χ4n) is 2.39. The van der Waals surface area contributed by atoms with E-state index < -0.39 is 10.0 Å². The van der Waals surface area contributed by atoms with E-state index in [4.69, 9.17) is 5.73 Å². The average Bonchev–Trinajstić information content (AvgIpc) is 2.88. The SMILES string of the molecule is CCC(CC)N(CC(C)C)S(=O)(=O)c1ccc(CCN)s1. The first-order valence-corrected chi connectivity index (χ1v) is 9.93. The van der Waals surface area contributed by atoms with E-state index in [1.54, 1.807) is 10.4 Å². The van der Waals surface area contributed by atoms with Crippen LogP contribution < -0.4 is 5.73 Å². The average molecular weight is 333 g/mol. The molecule has 0 aromatic carbocycles. The molecule has 0 aliphatic carbocycles. The number of hydrogen-bond donors (Lipinski definition) is 1. The molecule has 0 saturated heterocycles. The second kappa shape index (κ2) is 8.27. The summed E-state index contributed by atoms with van der Waals surface area (Å²) in [6, 6.07) is 3.67. The Labute approximate surface area is 133 Å². The molecule has 2 N–H and O–H groups in total. The van der Waals surface area contributed by atoms with Crippen LogP contribution >= 0.6 is 11.3 Å². The first-order valence-electron chi connectivity index (χ1n) is 7.67. The van der Waals surface area contributed by atoms with Crippen molar-refractivity contribution in [3.05, 3.63) is 17.0 Å². The van der Waals surface area contributed by atoms with E-state index in [9.17, 15) is 8.42 Å². The second-order valence-electron chi connectivity index (χ2n) is 5.70. The van der Waals surface area contributed by atoms with Crippen molar-refractivity contribution in [2.24, 2.45) is 11.7 Å². The second-order valence-corrected chi connectivity index (χ2v) is 8.98. The third-order valence-electron chi connectivity index (χ3n) is 3.49. The Morgan fingerprint density at radius 2 is 1.86 bits per heavy atom. The van der Waals surface area contributed by atoms with Crippen LogP contribution in [0, 0.1) is 5.92 Å². The van der Waals surface area contributed by atoms with Crippen LogP contribution in [0.1, 0.15) is 45.4 Å². The molecule has 1 aromatic heterocycles.